The van der Waals surface area contributed by atoms with Crippen LogP contribution in [-0.4, -0.2) is 34.7 Å². The lowest BCUT2D eigenvalue weighted by Gasteiger charge is -2.06. The molecular formula is C12H15NO4S. The zero-order chi connectivity index (χ0) is 13.1. The van der Waals surface area contributed by atoms with Gasteiger partial charge in [0.1, 0.15) is 0 Å². The van der Waals surface area contributed by atoms with Gasteiger partial charge in [0.2, 0.25) is 0 Å². The first kappa shape index (κ1) is 13.0. The van der Waals surface area contributed by atoms with Crippen molar-refractivity contribution in [3.63, 3.8) is 0 Å². The van der Waals surface area contributed by atoms with E-state index >= 15 is 0 Å². The van der Waals surface area contributed by atoms with Crippen LogP contribution >= 0.6 is 11.3 Å². The van der Waals surface area contributed by atoms with Gasteiger partial charge in [-0.1, -0.05) is 0 Å². The molecule has 0 radical (unpaired) electrons. The number of nitrogens with one attached hydrogen (secondary N) is 1. The first-order chi connectivity index (χ1) is 8.58. The minimum Gasteiger partial charge on any atom is -0.479 e. The molecule has 1 amide bonds. The fourth-order valence-electron chi connectivity index (χ4n) is 1.97. The second kappa shape index (κ2) is 5.49. The van der Waals surface area contributed by atoms with E-state index in [1.165, 1.54) is 21.8 Å². The molecule has 3 N–H and O–H groups in total. The zero-order valence-corrected chi connectivity index (χ0v) is 10.6. The summed E-state index contributed by atoms with van der Waals surface area (Å²) in [6.07, 6.45) is 1.85. The van der Waals surface area contributed by atoms with Crippen LogP contribution in [0.5, 0.6) is 0 Å². The zero-order valence-electron chi connectivity index (χ0n) is 9.81. The Morgan fingerprint density at radius 1 is 1.44 bits per heavy atom. The topological polar surface area (TPSA) is 86.6 Å². The molecule has 5 nitrogen and oxygen atoms in total. The van der Waals surface area contributed by atoms with E-state index in [4.69, 9.17) is 10.2 Å². The first-order valence-electron chi connectivity index (χ1n) is 5.88. The van der Waals surface area contributed by atoms with Gasteiger partial charge < -0.3 is 15.5 Å². The molecule has 0 aromatic carbocycles. The van der Waals surface area contributed by atoms with Crippen LogP contribution in [0.15, 0.2) is 6.07 Å². The summed E-state index contributed by atoms with van der Waals surface area (Å²) < 4.78 is 0. The summed E-state index contributed by atoms with van der Waals surface area (Å²) in [5.41, 5.74) is 1.26. The lowest BCUT2D eigenvalue weighted by atomic mass is 10.2. The standard InChI is InChI=1S/C12H15NO4S/c14-8(12(16)17)4-5-13-11(15)10-6-7-2-1-3-9(7)18-10/h6,8,14H,1-5H2,(H,13,15)(H,16,17)/t8-/m0/s1. The molecule has 1 atom stereocenters. The third kappa shape index (κ3) is 2.88. The molecule has 1 aromatic rings. The van der Waals surface area contributed by atoms with Crippen molar-refractivity contribution in [1.29, 1.82) is 0 Å². The van der Waals surface area contributed by atoms with Crippen molar-refractivity contribution in [1.82, 2.24) is 5.32 Å². The van der Waals surface area contributed by atoms with Crippen molar-refractivity contribution in [2.45, 2.75) is 31.8 Å². The van der Waals surface area contributed by atoms with E-state index in [1.54, 1.807) is 0 Å². The van der Waals surface area contributed by atoms with Gasteiger partial charge in [0.25, 0.3) is 5.91 Å². The summed E-state index contributed by atoms with van der Waals surface area (Å²) in [4.78, 5) is 24.1. The molecule has 18 heavy (non-hydrogen) atoms. The van der Waals surface area contributed by atoms with Crippen LogP contribution in [0.1, 0.15) is 33.0 Å². The molecule has 1 heterocycles. The number of thiophene rings is 1. The molecule has 0 saturated carbocycles. The molecule has 0 spiro atoms. The van der Waals surface area contributed by atoms with Crippen molar-refractivity contribution in [3.05, 3.63) is 21.4 Å². The Hall–Kier alpha value is -1.40. The van der Waals surface area contributed by atoms with Gasteiger partial charge in [-0.05, 0) is 30.9 Å². The number of fused-ring (bicyclic) bond motifs is 1. The fourth-order valence-corrected chi connectivity index (χ4v) is 3.14. The minimum absolute atomic E-state index is 0.0200. The number of carboxylic acid groups (broad SMARTS) is 1. The van der Waals surface area contributed by atoms with Crippen molar-refractivity contribution in [2.24, 2.45) is 0 Å². The van der Waals surface area contributed by atoms with Crippen molar-refractivity contribution in [2.75, 3.05) is 6.54 Å². The largest absolute Gasteiger partial charge is 0.479 e. The SMILES string of the molecule is O=C(NCC[C@H](O)C(=O)O)c1cc2c(s1)CCC2. The van der Waals surface area contributed by atoms with Crippen LogP contribution in [-0.2, 0) is 17.6 Å². The molecule has 1 aliphatic rings. The van der Waals surface area contributed by atoms with Gasteiger partial charge in [-0.2, -0.15) is 0 Å². The maximum atomic E-state index is 11.8. The van der Waals surface area contributed by atoms with E-state index in [0.29, 0.717) is 4.88 Å². The quantitative estimate of drug-likeness (QED) is 0.738. The van der Waals surface area contributed by atoms with Crippen LogP contribution in [0, 0.1) is 0 Å². The summed E-state index contributed by atoms with van der Waals surface area (Å²) in [6.45, 7) is 0.162. The number of aliphatic hydroxyl groups is 1. The predicted molar refractivity (Wildman–Crippen MR) is 66.9 cm³/mol. The Labute approximate surface area is 108 Å². The van der Waals surface area contributed by atoms with E-state index < -0.39 is 12.1 Å². The van der Waals surface area contributed by atoms with Crippen molar-refractivity contribution in [3.8, 4) is 0 Å². The van der Waals surface area contributed by atoms with E-state index in [0.717, 1.165) is 19.3 Å². The molecule has 0 fully saturated rings. The van der Waals surface area contributed by atoms with Crippen LogP contribution in [0.3, 0.4) is 0 Å². The second-order valence-corrected chi connectivity index (χ2v) is 5.45. The van der Waals surface area contributed by atoms with Gasteiger partial charge in [0.05, 0.1) is 4.88 Å². The van der Waals surface area contributed by atoms with E-state index in [9.17, 15) is 9.59 Å². The molecule has 0 bridgehead atoms. The number of amides is 1. The van der Waals surface area contributed by atoms with E-state index in [-0.39, 0.29) is 18.9 Å². The Morgan fingerprint density at radius 3 is 2.89 bits per heavy atom. The third-order valence-corrected chi connectivity index (χ3v) is 4.19. The summed E-state index contributed by atoms with van der Waals surface area (Å²) in [5, 5.41) is 20.2. The summed E-state index contributed by atoms with van der Waals surface area (Å²) >= 11 is 1.50. The highest BCUT2D eigenvalue weighted by molar-refractivity contribution is 7.14. The van der Waals surface area contributed by atoms with Crippen LogP contribution < -0.4 is 5.32 Å². The number of carboxylic acids is 1. The summed E-state index contributed by atoms with van der Waals surface area (Å²) in [5.74, 6) is -1.45. The number of aliphatic hydroxyl groups excluding tert-OH is 1. The second-order valence-electron chi connectivity index (χ2n) is 4.31. The number of carbonyl (C=O) groups excluding carboxylic acids is 1. The Balaban J connectivity index is 1.83. The van der Waals surface area contributed by atoms with Gasteiger partial charge in [0.15, 0.2) is 6.10 Å². The van der Waals surface area contributed by atoms with Gasteiger partial charge >= 0.3 is 5.97 Å². The number of aryl methyl sites for hydroxylation is 2. The summed E-state index contributed by atoms with van der Waals surface area (Å²) in [7, 11) is 0. The fraction of sp³-hybridized carbons (Fsp3) is 0.500. The predicted octanol–water partition coefficient (Wildman–Crippen LogP) is 0.802. The highest BCUT2D eigenvalue weighted by Gasteiger charge is 2.19. The number of hydrogen-bond donors (Lipinski definition) is 3. The molecule has 6 heteroatoms. The summed E-state index contributed by atoms with van der Waals surface area (Å²) in [6, 6.07) is 1.91. The van der Waals surface area contributed by atoms with Gasteiger partial charge in [-0.3, -0.25) is 4.79 Å². The minimum atomic E-state index is -1.42. The smallest absolute Gasteiger partial charge is 0.332 e. The molecular weight excluding hydrogens is 254 g/mol. The van der Waals surface area contributed by atoms with Crippen molar-refractivity contribution >= 4 is 23.2 Å². The average molecular weight is 269 g/mol. The maximum absolute atomic E-state index is 11.8. The van der Waals surface area contributed by atoms with Crippen LogP contribution in [0.25, 0.3) is 0 Å². The maximum Gasteiger partial charge on any atom is 0.332 e. The highest BCUT2D eigenvalue weighted by atomic mass is 32.1. The van der Waals surface area contributed by atoms with E-state index in [2.05, 4.69) is 5.32 Å². The van der Waals surface area contributed by atoms with Gasteiger partial charge in [0, 0.05) is 17.8 Å². The molecule has 1 aliphatic carbocycles. The normalized spacial score (nSPS) is 15.2. The third-order valence-electron chi connectivity index (χ3n) is 2.96. The van der Waals surface area contributed by atoms with Crippen LogP contribution in [0.4, 0.5) is 0 Å². The van der Waals surface area contributed by atoms with Gasteiger partial charge in [-0.25, -0.2) is 4.79 Å². The molecule has 98 valence electrons. The van der Waals surface area contributed by atoms with Crippen LogP contribution in [0.2, 0.25) is 0 Å². The number of aliphatic carboxylic acids is 1. The average Bonchev–Trinajstić information content (AvgIpc) is 2.88. The van der Waals surface area contributed by atoms with Gasteiger partial charge in [-0.15, -0.1) is 11.3 Å². The number of rotatable bonds is 5. The molecule has 0 aliphatic heterocycles. The Bertz CT molecular complexity index is 447. The molecule has 2 rings (SSSR count). The highest BCUT2D eigenvalue weighted by Crippen LogP contribution is 2.30. The molecule has 0 saturated heterocycles. The Kier molecular flexibility index (Phi) is 3.98. The van der Waals surface area contributed by atoms with E-state index in [1.807, 2.05) is 6.07 Å². The number of carbonyl (C=O) groups is 2. The lowest BCUT2D eigenvalue weighted by Crippen LogP contribution is -2.29. The molecule has 1 aromatic heterocycles. The Morgan fingerprint density at radius 2 is 2.22 bits per heavy atom. The lowest BCUT2D eigenvalue weighted by molar-refractivity contribution is -0.146. The number of hydrogen-bond acceptors (Lipinski definition) is 4. The monoisotopic (exact) mass is 269 g/mol. The first-order valence-corrected chi connectivity index (χ1v) is 6.70. The molecule has 0 unspecified atom stereocenters. The van der Waals surface area contributed by atoms with Crippen molar-refractivity contribution < 1.29 is 19.8 Å².